The fourth-order valence-electron chi connectivity index (χ4n) is 2.12. The Balaban J connectivity index is 2.05. The molecule has 0 aliphatic rings. The van der Waals surface area contributed by atoms with Crippen molar-refractivity contribution in [2.75, 3.05) is 13.7 Å². The Bertz CT molecular complexity index is 598. The molecule has 0 saturated heterocycles. The normalized spacial score (nSPS) is 12.0. The summed E-state index contributed by atoms with van der Waals surface area (Å²) in [5.74, 6) is 1.43. The molecule has 1 atom stereocenters. The zero-order chi connectivity index (χ0) is 15.2. The highest BCUT2D eigenvalue weighted by atomic mass is 16.5. The van der Waals surface area contributed by atoms with Gasteiger partial charge < -0.3 is 20.3 Å². The second-order valence-electron chi connectivity index (χ2n) is 4.92. The molecule has 4 heteroatoms. The smallest absolute Gasteiger partial charge is 0.123 e. The summed E-state index contributed by atoms with van der Waals surface area (Å²) < 4.78 is 10.9. The molecule has 0 bridgehead atoms. The Labute approximate surface area is 125 Å². The van der Waals surface area contributed by atoms with Crippen molar-refractivity contribution in [2.45, 2.75) is 19.6 Å². The Morgan fingerprint density at radius 1 is 1.19 bits per heavy atom. The molecule has 0 spiro atoms. The van der Waals surface area contributed by atoms with Crippen LogP contribution in [-0.2, 0) is 6.54 Å². The van der Waals surface area contributed by atoms with Crippen LogP contribution in [0.25, 0.3) is 0 Å². The lowest BCUT2D eigenvalue weighted by Gasteiger charge is -2.15. The molecule has 0 amide bonds. The first-order valence-corrected chi connectivity index (χ1v) is 6.88. The summed E-state index contributed by atoms with van der Waals surface area (Å²) in [4.78, 5) is 0. The Morgan fingerprint density at radius 2 is 2.00 bits per heavy atom. The number of hydrogen-bond acceptors (Lipinski definition) is 4. The van der Waals surface area contributed by atoms with E-state index in [0.717, 1.165) is 16.7 Å². The van der Waals surface area contributed by atoms with Gasteiger partial charge >= 0.3 is 0 Å². The predicted octanol–water partition coefficient (Wildman–Crippen LogP) is 2.57. The van der Waals surface area contributed by atoms with Crippen molar-refractivity contribution in [1.29, 1.82) is 0 Å². The third-order valence-corrected chi connectivity index (χ3v) is 3.31. The lowest BCUT2D eigenvalue weighted by atomic mass is 10.1. The van der Waals surface area contributed by atoms with E-state index in [1.54, 1.807) is 13.2 Å². The lowest BCUT2D eigenvalue weighted by Crippen LogP contribution is -2.11. The second-order valence-corrected chi connectivity index (χ2v) is 4.92. The SMILES string of the molecule is COc1cccc(C(O)COc2ccc(C)cc2CN)c1. The molecule has 21 heavy (non-hydrogen) atoms. The molecule has 0 fully saturated rings. The van der Waals surface area contributed by atoms with E-state index in [-0.39, 0.29) is 6.61 Å². The summed E-state index contributed by atoms with van der Waals surface area (Å²) in [7, 11) is 1.60. The van der Waals surface area contributed by atoms with Gasteiger partial charge in [-0.3, -0.25) is 0 Å². The summed E-state index contributed by atoms with van der Waals surface area (Å²) >= 11 is 0. The van der Waals surface area contributed by atoms with E-state index in [9.17, 15) is 5.11 Å². The van der Waals surface area contributed by atoms with Crippen LogP contribution in [0.2, 0.25) is 0 Å². The topological polar surface area (TPSA) is 64.7 Å². The largest absolute Gasteiger partial charge is 0.497 e. The minimum absolute atomic E-state index is 0.170. The van der Waals surface area contributed by atoms with Crippen molar-refractivity contribution < 1.29 is 14.6 Å². The molecular weight excluding hydrogens is 266 g/mol. The van der Waals surface area contributed by atoms with Crippen molar-refractivity contribution in [2.24, 2.45) is 5.73 Å². The van der Waals surface area contributed by atoms with E-state index < -0.39 is 6.10 Å². The Kier molecular flexibility index (Phi) is 5.20. The zero-order valence-corrected chi connectivity index (χ0v) is 12.4. The molecule has 112 valence electrons. The van der Waals surface area contributed by atoms with Crippen molar-refractivity contribution in [3.05, 3.63) is 59.2 Å². The summed E-state index contributed by atoms with van der Waals surface area (Å²) in [5.41, 5.74) is 8.55. The summed E-state index contributed by atoms with van der Waals surface area (Å²) in [6, 6.07) is 13.2. The summed E-state index contributed by atoms with van der Waals surface area (Å²) in [5, 5.41) is 10.2. The van der Waals surface area contributed by atoms with E-state index in [1.165, 1.54) is 0 Å². The third kappa shape index (κ3) is 3.97. The monoisotopic (exact) mass is 287 g/mol. The quantitative estimate of drug-likeness (QED) is 0.857. The fourth-order valence-corrected chi connectivity index (χ4v) is 2.12. The zero-order valence-electron chi connectivity index (χ0n) is 12.4. The van der Waals surface area contributed by atoms with Crippen LogP contribution in [0.5, 0.6) is 11.5 Å². The van der Waals surface area contributed by atoms with Gasteiger partial charge in [-0.2, -0.15) is 0 Å². The molecule has 2 aromatic rings. The molecule has 3 N–H and O–H groups in total. The minimum atomic E-state index is -0.716. The van der Waals surface area contributed by atoms with Gasteiger partial charge in [-0.1, -0.05) is 29.8 Å². The first-order valence-electron chi connectivity index (χ1n) is 6.88. The lowest BCUT2D eigenvalue weighted by molar-refractivity contribution is 0.107. The Morgan fingerprint density at radius 3 is 2.71 bits per heavy atom. The van der Waals surface area contributed by atoms with Crippen LogP contribution >= 0.6 is 0 Å². The van der Waals surface area contributed by atoms with Crippen LogP contribution < -0.4 is 15.2 Å². The minimum Gasteiger partial charge on any atom is -0.497 e. The predicted molar refractivity (Wildman–Crippen MR) is 82.5 cm³/mol. The molecular formula is C17H21NO3. The second kappa shape index (κ2) is 7.11. The average Bonchev–Trinajstić information content (AvgIpc) is 2.53. The summed E-state index contributed by atoms with van der Waals surface area (Å²) in [6.07, 6.45) is -0.716. The van der Waals surface area contributed by atoms with Crippen LogP contribution in [0.3, 0.4) is 0 Å². The number of aryl methyl sites for hydroxylation is 1. The van der Waals surface area contributed by atoms with Gasteiger partial charge in [0.15, 0.2) is 0 Å². The number of rotatable bonds is 6. The molecule has 2 rings (SSSR count). The number of aliphatic hydroxyl groups is 1. The molecule has 0 saturated carbocycles. The van der Waals surface area contributed by atoms with Crippen LogP contribution in [0.1, 0.15) is 22.8 Å². The van der Waals surface area contributed by atoms with E-state index in [1.807, 2.05) is 43.3 Å². The van der Waals surface area contributed by atoms with E-state index >= 15 is 0 Å². The van der Waals surface area contributed by atoms with Gasteiger partial charge in [0.25, 0.3) is 0 Å². The van der Waals surface area contributed by atoms with E-state index in [4.69, 9.17) is 15.2 Å². The fraction of sp³-hybridized carbons (Fsp3) is 0.294. The number of methoxy groups -OCH3 is 1. The van der Waals surface area contributed by atoms with Crippen LogP contribution in [0.15, 0.2) is 42.5 Å². The molecule has 0 heterocycles. The molecule has 0 aliphatic carbocycles. The van der Waals surface area contributed by atoms with Gasteiger partial charge in [-0.15, -0.1) is 0 Å². The van der Waals surface area contributed by atoms with Gasteiger partial charge in [-0.05, 0) is 30.7 Å². The standard InChI is InChI=1S/C17H21NO3/c1-12-6-7-17(14(8-12)10-18)21-11-16(19)13-4-3-5-15(9-13)20-2/h3-9,16,19H,10-11,18H2,1-2H3. The van der Waals surface area contributed by atoms with Gasteiger partial charge in [0, 0.05) is 12.1 Å². The number of hydrogen-bond donors (Lipinski definition) is 2. The van der Waals surface area contributed by atoms with Crippen molar-refractivity contribution in [3.63, 3.8) is 0 Å². The van der Waals surface area contributed by atoms with Crippen molar-refractivity contribution >= 4 is 0 Å². The van der Waals surface area contributed by atoms with E-state index in [0.29, 0.717) is 18.0 Å². The molecule has 0 radical (unpaired) electrons. The molecule has 2 aromatic carbocycles. The molecule has 4 nitrogen and oxygen atoms in total. The maximum Gasteiger partial charge on any atom is 0.123 e. The number of benzene rings is 2. The first-order chi connectivity index (χ1) is 10.1. The van der Waals surface area contributed by atoms with Gasteiger partial charge in [0.1, 0.15) is 24.2 Å². The van der Waals surface area contributed by atoms with Gasteiger partial charge in [-0.25, -0.2) is 0 Å². The highest BCUT2D eigenvalue weighted by Crippen LogP contribution is 2.23. The van der Waals surface area contributed by atoms with Crippen molar-refractivity contribution in [1.82, 2.24) is 0 Å². The molecule has 0 aliphatic heterocycles. The van der Waals surface area contributed by atoms with Crippen molar-refractivity contribution in [3.8, 4) is 11.5 Å². The highest BCUT2D eigenvalue weighted by molar-refractivity contribution is 5.37. The third-order valence-electron chi connectivity index (χ3n) is 3.31. The Hall–Kier alpha value is -2.04. The van der Waals surface area contributed by atoms with Gasteiger partial charge in [0.05, 0.1) is 7.11 Å². The van der Waals surface area contributed by atoms with E-state index in [2.05, 4.69) is 0 Å². The first kappa shape index (κ1) is 15.4. The average molecular weight is 287 g/mol. The number of aliphatic hydroxyl groups excluding tert-OH is 1. The maximum absolute atomic E-state index is 10.2. The molecule has 1 unspecified atom stereocenters. The van der Waals surface area contributed by atoms with Crippen LogP contribution in [-0.4, -0.2) is 18.8 Å². The summed E-state index contributed by atoms with van der Waals surface area (Å²) in [6.45, 7) is 2.59. The number of ether oxygens (including phenoxy) is 2. The van der Waals surface area contributed by atoms with Gasteiger partial charge in [0.2, 0.25) is 0 Å². The molecule has 0 aromatic heterocycles. The van der Waals surface area contributed by atoms with Crippen LogP contribution in [0.4, 0.5) is 0 Å². The highest BCUT2D eigenvalue weighted by Gasteiger charge is 2.11. The number of nitrogens with two attached hydrogens (primary N) is 1. The van der Waals surface area contributed by atoms with Crippen LogP contribution in [0, 0.1) is 6.92 Å². The maximum atomic E-state index is 10.2.